The number of benzene rings is 2. The molecular formula is C14H11Cl2NO2. The third-order valence-corrected chi connectivity index (χ3v) is 3.07. The van der Waals surface area contributed by atoms with Crippen molar-refractivity contribution in [1.29, 1.82) is 0 Å². The van der Waals surface area contributed by atoms with Gasteiger partial charge in [-0.3, -0.25) is 4.79 Å². The number of rotatable bonds is 3. The molecule has 0 fully saturated rings. The third-order valence-electron chi connectivity index (χ3n) is 2.53. The zero-order chi connectivity index (χ0) is 14.0. The van der Waals surface area contributed by atoms with Crippen LogP contribution in [0, 0.1) is 0 Å². The Kier molecular flexibility index (Phi) is 3.98. The quantitative estimate of drug-likeness (QED) is 0.666. The van der Waals surface area contributed by atoms with Crippen molar-refractivity contribution in [2.75, 3.05) is 5.73 Å². The zero-order valence-electron chi connectivity index (χ0n) is 10.1. The fourth-order valence-corrected chi connectivity index (χ4v) is 1.90. The van der Waals surface area contributed by atoms with Crippen molar-refractivity contribution in [3.8, 4) is 11.5 Å². The highest BCUT2D eigenvalue weighted by molar-refractivity contribution is 6.34. The number of nitrogen functional groups attached to an aromatic ring is 1. The molecule has 3 nitrogen and oxygen atoms in total. The summed E-state index contributed by atoms with van der Waals surface area (Å²) in [5.41, 5.74) is 6.54. The average molecular weight is 296 g/mol. The van der Waals surface area contributed by atoms with Gasteiger partial charge in [0.15, 0.2) is 5.78 Å². The molecule has 0 spiro atoms. The van der Waals surface area contributed by atoms with Crippen LogP contribution in [0.5, 0.6) is 11.5 Å². The number of ether oxygens (including phenoxy) is 1. The lowest BCUT2D eigenvalue weighted by Crippen LogP contribution is -1.99. The first kappa shape index (κ1) is 13.7. The van der Waals surface area contributed by atoms with E-state index in [4.69, 9.17) is 33.7 Å². The molecule has 0 atom stereocenters. The highest BCUT2D eigenvalue weighted by Gasteiger charge is 2.09. The van der Waals surface area contributed by atoms with Crippen molar-refractivity contribution in [3.05, 3.63) is 52.0 Å². The van der Waals surface area contributed by atoms with Crippen molar-refractivity contribution in [2.24, 2.45) is 0 Å². The Bertz CT molecular complexity index is 641. The fraction of sp³-hybridized carbons (Fsp3) is 0.0714. The second kappa shape index (κ2) is 5.51. The molecule has 98 valence electrons. The van der Waals surface area contributed by atoms with Crippen LogP contribution >= 0.6 is 23.2 Å². The minimum absolute atomic E-state index is 0.125. The van der Waals surface area contributed by atoms with Crippen molar-refractivity contribution < 1.29 is 9.53 Å². The van der Waals surface area contributed by atoms with Crippen LogP contribution in [0.25, 0.3) is 0 Å². The van der Waals surface area contributed by atoms with Crippen LogP contribution in [0.2, 0.25) is 10.0 Å². The first-order valence-corrected chi connectivity index (χ1v) is 6.26. The maximum absolute atomic E-state index is 11.4. The van der Waals surface area contributed by atoms with Crippen molar-refractivity contribution in [3.63, 3.8) is 0 Å². The van der Waals surface area contributed by atoms with E-state index in [1.54, 1.807) is 36.4 Å². The zero-order valence-corrected chi connectivity index (χ0v) is 11.6. The Hall–Kier alpha value is -1.71. The Morgan fingerprint density at radius 2 is 1.89 bits per heavy atom. The van der Waals surface area contributed by atoms with Gasteiger partial charge in [0.25, 0.3) is 0 Å². The molecule has 0 amide bonds. The van der Waals surface area contributed by atoms with E-state index in [0.29, 0.717) is 32.8 Å². The summed E-state index contributed by atoms with van der Waals surface area (Å²) >= 11 is 11.9. The first-order chi connectivity index (χ1) is 8.97. The van der Waals surface area contributed by atoms with Crippen LogP contribution in [-0.4, -0.2) is 5.78 Å². The van der Waals surface area contributed by atoms with Crippen LogP contribution < -0.4 is 10.5 Å². The van der Waals surface area contributed by atoms with Crippen LogP contribution in [0.3, 0.4) is 0 Å². The molecule has 0 aromatic heterocycles. The van der Waals surface area contributed by atoms with Crippen molar-refractivity contribution >= 4 is 34.7 Å². The van der Waals surface area contributed by atoms with Gasteiger partial charge in [0, 0.05) is 22.3 Å². The fourth-order valence-electron chi connectivity index (χ4n) is 1.59. The van der Waals surface area contributed by atoms with Gasteiger partial charge in [-0.15, -0.1) is 0 Å². The number of halogens is 2. The second-order valence-electron chi connectivity index (χ2n) is 3.98. The maximum atomic E-state index is 11.4. The molecule has 0 bridgehead atoms. The van der Waals surface area contributed by atoms with E-state index in [-0.39, 0.29) is 5.78 Å². The van der Waals surface area contributed by atoms with Crippen LogP contribution in [-0.2, 0) is 0 Å². The molecule has 0 heterocycles. The highest BCUT2D eigenvalue weighted by atomic mass is 35.5. The lowest BCUT2D eigenvalue weighted by molar-refractivity contribution is 0.101. The molecule has 2 N–H and O–H groups in total. The normalized spacial score (nSPS) is 10.3. The number of carbonyl (C=O) groups excluding carboxylic acids is 1. The summed E-state index contributed by atoms with van der Waals surface area (Å²) in [4.78, 5) is 11.4. The predicted molar refractivity (Wildman–Crippen MR) is 77.4 cm³/mol. The molecule has 0 saturated carbocycles. The van der Waals surface area contributed by atoms with Gasteiger partial charge in [-0.2, -0.15) is 0 Å². The Morgan fingerprint density at radius 1 is 1.16 bits per heavy atom. The number of anilines is 1. The molecule has 0 aliphatic carbocycles. The van der Waals surface area contributed by atoms with Crippen LogP contribution in [0.15, 0.2) is 36.4 Å². The predicted octanol–water partition coefficient (Wildman–Crippen LogP) is 4.57. The first-order valence-electron chi connectivity index (χ1n) is 5.51. The summed E-state index contributed by atoms with van der Waals surface area (Å²) in [5.74, 6) is 0.775. The van der Waals surface area contributed by atoms with Crippen LogP contribution in [0.1, 0.15) is 17.3 Å². The van der Waals surface area contributed by atoms with E-state index in [1.165, 1.54) is 6.92 Å². The van der Waals surface area contributed by atoms with Gasteiger partial charge in [0.05, 0.1) is 5.02 Å². The summed E-state index contributed by atoms with van der Waals surface area (Å²) in [6.07, 6.45) is 0. The minimum atomic E-state index is -0.125. The number of Topliss-reactive ketones (excluding diaryl/α,β-unsaturated/α-hetero) is 1. The van der Waals surface area contributed by atoms with Gasteiger partial charge >= 0.3 is 0 Å². The molecule has 0 aliphatic heterocycles. The van der Waals surface area contributed by atoms with Gasteiger partial charge in [-0.25, -0.2) is 0 Å². The van der Waals surface area contributed by atoms with Gasteiger partial charge < -0.3 is 10.5 Å². The topological polar surface area (TPSA) is 52.3 Å². The van der Waals surface area contributed by atoms with Gasteiger partial charge in [0.1, 0.15) is 11.5 Å². The molecule has 2 rings (SSSR count). The van der Waals surface area contributed by atoms with E-state index in [0.717, 1.165) is 0 Å². The van der Waals surface area contributed by atoms with E-state index in [9.17, 15) is 4.79 Å². The summed E-state index contributed by atoms with van der Waals surface area (Å²) in [6, 6.07) is 9.77. The standard InChI is InChI=1S/C14H11Cl2NO2/c1-8(18)11-7-10(3-5-13(11)17)19-14-6-9(15)2-4-12(14)16/h2-7H,17H2,1H3. The molecule has 19 heavy (non-hydrogen) atoms. The van der Waals surface area contributed by atoms with E-state index < -0.39 is 0 Å². The molecule has 2 aromatic rings. The molecule has 5 heteroatoms. The van der Waals surface area contributed by atoms with Crippen molar-refractivity contribution in [2.45, 2.75) is 6.92 Å². The largest absolute Gasteiger partial charge is 0.456 e. The molecular weight excluding hydrogens is 285 g/mol. The summed E-state index contributed by atoms with van der Waals surface area (Å²) < 4.78 is 5.61. The van der Waals surface area contributed by atoms with Gasteiger partial charge in [-0.05, 0) is 37.3 Å². The third kappa shape index (κ3) is 3.19. The minimum Gasteiger partial charge on any atom is -0.456 e. The maximum Gasteiger partial charge on any atom is 0.162 e. The lowest BCUT2D eigenvalue weighted by atomic mass is 10.1. The summed E-state index contributed by atoms with van der Waals surface area (Å²) in [6.45, 7) is 1.45. The number of nitrogens with two attached hydrogens (primary N) is 1. The Morgan fingerprint density at radius 3 is 2.58 bits per heavy atom. The van der Waals surface area contributed by atoms with E-state index in [1.807, 2.05) is 0 Å². The molecule has 0 radical (unpaired) electrons. The Balaban J connectivity index is 2.36. The number of hydrogen-bond donors (Lipinski definition) is 1. The number of carbonyl (C=O) groups is 1. The number of hydrogen-bond acceptors (Lipinski definition) is 3. The van der Waals surface area contributed by atoms with Crippen LogP contribution in [0.4, 0.5) is 5.69 Å². The number of ketones is 1. The van der Waals surface area contributed by atoms with E-state index in [2.05, 4.69) is 0 Å². The van der Waals surface area contributed by atoms with Gasteiger partial charge in [-0.1, -0.05) is 23.2 Å². The average Bonchev–Trinajstić information content (AvgIpc) is 2.36. The van der Waals surface area contributed by atoms with Crippen molar-refractivity contribution in [1.82, 2.24) is 0 Å². The lowest BCUT2D eigenvalue weighted by Gasteiger charge is -2.10. The molecule has 0 unspecified atom stereocenters. The summed E-state index contributed by atoms with van der Waals surface area (Å²) in [7, 11) is 0. The SMILES string of the molecule is CC(=O)c1cc(Oc2cc(Cl)ccc2Cl)ccc1N. The van der Waals surface area contributed by atoms with E-state index >= 15 is 0 Å². The summed E-state index contributed by atoms with van der Waals surface area (Å²) in [5, 5.41) is 0.951. The van der Waals surface area contributed by atoms with Gasteiger partial charge in [0.2, 0.25) is 0 Å². The Labute approximate surface area is 120 Å². The highest BCUT2D eigenvalue weighted by Crippen LogP contribution is 2.32. The molecule has 0 saturated heterocycles. The molecule has 2 aromatic carbocycles. The smallest absolute Gasteiger partial charge is 0.162 e. The molecule has 0 aliphatic rings. The monoisotopic (exact) mass is 295 g/mol. The second-order valence-corrected chi connectivity index (χ2v) is 4.83.